The van der Waals surface area contributed by atoms with E-state index in [9.17, 15) is 4.79 Å². The van der Waals surface area contributed by atoms with E-state index in [1.807, 2.05) is 29.7 Å². The van der Waals surface area contributed by atoms with Crippen LogP contribution in [0.25, 0.3) is 10.2 Å². The summed E-state index contributed by atoms with van der Waals surface area (Å²) in [6, 6.07) is 5.60. The third kappa shape index (κ3) is 3.80. The van der Waals surface area contributed by atoms with Crippen molar-refractivity contribution in [3.63, 3.8) is 0 Å². The van der Waals surface area contributed by atoms with Crippen molar-refractivity contribution < 1.29 is 19.0 Å². The molecule has 0 unspecified atom stereocenters. The summed E-state index contributed by atoms with van der Waals surface area (Å²) in [4.78, 5) is 17.1. The van der Waals surface area contributed by atoms with Gasteiger partial charge in [-0.25, -0.2) is 0 Å². The van der Waals surface area contributed by atoms with Crippen molar-refractivity contribution in [3.05, 3.63) is 40.0 Å². The number of carbonyl (C=O) groups excluding carboxylic acids is 1. The van der Waals surface area contributed by atoms with E-state index in [0.29, 0.717) is 42.8 Å². The van der Waals surface area contributed by atoms with E-state index in [0.717, 1.165) is 10.2 Å². The molecule has 0 saturated heterocycles. The molecular formula is C16H17ClN2O4S. The van der Waals surface area contributed by atoms with Gasteiger partial charge >= 0.3 is 5.91 Å². The van der Waals surface area contributed by atoms with Gasteiger partial charge in [-0.2, -0.15) is 4.99 Å². The molecule has 0 bridgehead atoms. The van der Waals surface area contributed by atoms with Crippen LogP contribution in [0.3, 0.4) is 0 Å². The first-order valence-electron chi connectivity index (χ1n) is 7.59. The summed E-state index contributed by atoms with van der Waals surface area (Å²) < 4.78 is 18.7. The van der Waals surface area contributed by atoms with Crippen molar-refractivity contribution in [1.29, 1.82) is 0 Å². The Morgan fingerprint density at radius 2 is 2.33 bits per heavy atom. The highest BCUT2D eigenvalue weighted by Gasteiger charge is 2.15. The van der Waals surface area contributed by atoms with E-state index in [-0.39, 0.29) is 5.76 Å². The molecule has 0 radical (unpaired) electrons. The lowest BCUT2D eigenvalue weighted by atomic mass is 10.3. The first-order valence-corrected chi connectivity index (χ1v) is 8.78. The van der Waals surface area contributed by atoms with Gasteiger partial charge in [0.15, 0.2) is 4.80 Å². The van der Waals surface area contributed by atoms with Crippen LogP contribution in [0.15, 0.2) is 35.2 Å². The highest BCUT2D eigenvalue weighted by Crippen LogP contribution is 2.22. The van der Waals surface area contributed by atoms with Crippen LogP contribution in [0.2, 0.25) is 5.02 Å². The fourth-order valence-electron chi connectivity index (χ4n) is 2.27. The van der Waals surface area contributed by atoms with E-state index in [2.05, 4.69) is 4.99 Å². The Morgan fingerprint density at radius 1 is 1.46 bits per heavy atom. The molecule has 8 heteroatoms. The number of halogens is 1. The standard InChI is InChI=1S/C16H17ClN2O4S/c1-2-21-6-5-19-12-4-3-11(17)9-14(12)24-16(19)18-15(20)13-10-22-7-8-23-13/h3-4,9-10H,2,5-8H2,1H3. The SMILES string of the molecule is CCOCCn1c(=NC(=O)C2=COCCO2)sc2cc(Cl)ccc21. The molecule has 0 fully saturated rings. The smallest absolute Gasteiger partial charge is 0.317 e. The maximum atomic E-state index is 12.3. The Labute approximate surface area is 147 Å². The van der Waals surface area contributed by atoms with E-state index < -0.39 is 5.91 Å². The monoisotopic (exact) mass is 368 g/mol. The zero-order valence-corrected chi connectivity index (χ0v) is 14.7. The van der Waals surface area contributed by atoms with Crippen LogP contribution in [0.4, 0.5) is 0 Å². The Bertz CT molecular complexity index is 840. The summed E-state index contributed by atoms with van der Waals surface area (Å²) in [6.07, 6.45) is 1.31. The third-order valence-electron chi connectivity index (χ3n) is 3.37. The minimum Gasteiger partial charge on any atom is -0.494 e. The first-order chi connectivity index (χ1) is 11.7. The molecule has 0 atom stereocenters. The van der Waals surface area contributed by atoms with Crippen LogP contribution < -0.4 is 4.80 Å². The topological polar surface area (TPSA) is 62.1 Å². The second-order valence-electron chi connectivity index (χ2n) is 4.96. The summed E-state index contributed by atoms with van der Waals surface area (Å²) in [6.45, 7) is 4.49. The molecule has 6 nitrogen and oxygen atoms in total. The van der Waals surface area contributed by atoms with E-state index in [4.69, 9.17) is 25.8 Å². The molecule has 0 aliphatic carbocycles. The molecule has 3 rings (SSSR count). The molecule has 1 aromatic heterocycles. The van der Waals surface area contributed by atoms with Gasteiger partial charge in [-0.3, -0.25) is 4.79 Å². The zero-order valence-electron chi connectivity index (χ0n) is 13.2. The minimum atomic E-state index is -0.461. The predicted molar refractivity (Wildman–Crippen MR) is 91.9 cm³/mol. The average Bonchev–Trinajstić information content (AvgIpc) is 2.92. The van der Waals surface area contributed by atoms with E-state index >= 15 is 0 Å². The fourth-order valence-corrected chi connectivity index (χ4v) is 3.60. The van der Waals surface area contributed by atoms with E-state index in [1.54, 1.807) is 0 Å². The summed E-state index contributed by atoms with van der Waals surface area (Å²) >= 11 is 7.46. The van der Waals surface area contributed by atoms with Crippen LogP contribution in [-0.4, -0.2) is 36.9 Å². The summed E-state index contributed by atoms with van der Waals surface area (Å²) in [5.41, 5.74) is 0.963. The number of benzene rings is 1. The number of rotatable bonds is 5. The van der Waals surface area contributed by atoms with Gasteiger partial charge < -0.3 is 18.8 Å². The van der Waals surface area contributed by atoms with Gasteiger partial charge in [-0.1, -0.05) is 22.9 Å². The number of aromatic nitrogens is 1. The van der Waals surface area contributed by atoms with Crippen molar-refractivity contribution in [3.8, 4) is 0 Å². The van der Waals surface area contributed by atoms with Crippen LogP contribution in [-0.2, 0) is 25.5 Å². The molecule has 1 aliphatic heterocycles. The molecule has 0 saturated carbocycles. The van der Waals surface area contributed by atoms with Crippen LogP contribution >= 0.6 is 22.9 Å². The summed E-state index contributed by atoms with van der Waals surface area (Å²) in [5, 5.41) is 0.644. The van der Waals surface area contributed by atoms with Crippen molar-refractivity contribution in [2.45, 2.75) is 13.5 Å². The van der Waals surface area contributed by atoms with E-state index in [1.165, 1.54) is 17.6 Å². The highest BCUT2D eigenvalue weighted by atomic mass is 35.5. The number of fused-ring (bicyclic) bond motifs is 1. The molecule has 1 amide bonds. The fraction of sp³-hybridized carbons (Fsp3) is 0.375. The molecule has 0 spiro atoms. The third-order valence-corrected chi connectivity index (χ3v) is 4.64. The molecule has 1 aromatic carbocycles. The average molecular weight is 369 g/mol. The molecule has 1 aliphatic rings. The Morgan fingerprint density at radius 3 is 3.08 bits per heavy atom. The normalized spacial score (nSPS) is 15.1. The number of ether oxygens (including phenoxy) is 3. The number of carbonyl (C=O) groups is 1. The molecule has 0 N–H and O–H groups in total. The number of amides is 1. The lowest BCUT2D eigenvalue weighted by Crippen LogP contribution is -2.21. The maximum absolute atomic E-state index is 12.3. The zero-order chi connectivity index (χ0) is 16.9. The number of hydrogen-bond acceptors (Lipinski definition) is 5. The Kier molecular flexibility index (Phi) is 5.55. The van der Waals surface area contributed by atoms with Crippen molar-refractivity contribution in [1.82, 2.24) is 4.57 Å². The second kappa shape index (κ2) is 7.83. The first kappa shape index (κ1) is 17.0. The lowest BCUT2D eigenvalue weighted by molar-refractivity contribution is -0.119. The van der Waals surface area contributed by atoms with Gasteiger partial charge in [0.1, 0.15) is 19.5 Å². The highest BCUT2D eigenvalue weighted by molar-refractivity contribution is 7.16. The van der Waals surface area contributed by atoms with Gasteiger partial charge in [-0.15, -0.1) is 0 Å². The van der Waals surface area contributed by atoms with Gasteiger partial charge in [-0.05, 0) is 25.1 Å². The van der Waals surface area contributed by atoms with Gasteiger partial charge in [0, 0.05) is 18.2 Å². The van der Waals surface area contributed by atoms with Crippen molar-refractivity contribution >= 4 is 39.1 Å². The number of thiazole rings is 1. The molecular weight excluding hydrogens is 352 g/mol. The maximum Gasteiger partial charge on any atom is 0.317 e. The molecule has 128 valence electrons. The summed E-state index contributed by atoms with van der Waals surface area (Å²) in [5.74, 6) is -0.342. The summed E-state index contributed by atoms with van der Waals surface area (Å²) in [7, 11) is 0. The van der Waals surface area contributed by atoms with Gasteiger partial charge in [0.25, 0.3) is 0 Å². The van der Waals surface area contributed by atoms with Gasteiger partial charge in [0.2, 0.25) is 5.76 Å². The van der Waals surface area contributed by atoms with Gasteiger partial charge in [0.05, 0.1) is 16.8 Å². The van der Waals surface area contributed by atoms with Crippen LogP contribution in [0.1, 0.15) is 6.92 Å². The number of hydrogen-bond donors (Lipinski definition) is 0. The van der Waals surface area contributed by atoms with Crippen molar-refractivity contribution in [2.24, 2.45) is 4.99 Å². The Hall–Kier alpha value is -1.83. The molecule has 24 heavy (non-hydrogen) atoms. The van der Waals surface area contributed by atoms with Crippen molar-refractivity contribution in [2.75, 3.05) is 26.4 Å². The minimum absolute atomic E-state index is 0.119. The van der Waals surface area contributed by atoms with Crippen LogP contribution in [0.5, 0.6) is 0 Å². The number of nitrogens with zero attached hydrogens (tertiary/aromatic N) is 2. The Balaban J connectivity index is 2.01. The molecule has 2 heterocycles. The van der Waals surface area contributed by atoms with Crippen LogP contribution in [0, 0.1) is 0 Å². The lowest BCUT2D eigenvalue weighted by Gasteiger charge is -2.12. The predicted octanol–water partition coefficient (Wildman–Crippen LogP) is 2.71. The second-order valence-corrected chi connectivity index (χ2v) is 6.41. The largest absolute Gasteiger partial charge is 0.494 e. The molecule has 2 aromatic rings. The quantitative estimate of drug-likeness (QED) is 0.761.